The van der Waals surface area contributed by atoms with E-state index in [1.165, 1.54) is 24.3 Å². The van der Waals surface area contributed by atoms with E-state index in [0.717, 1.165) is 7.11 Å². The third-order valence-electron chi connectivity index (χ3n) is 2.95. The molecule has 5 nitrogen and oxygen atoms in total. The van der Waals surface area contributed by atoms with Crippen molar-refractivity contribution in [1.82, 2.24) is 0 Å². The van der Waals surface area contributed by atoms with E-state index >= 15 is 0 Å². The standard InChI is InChI=1S/C17H14O5/c1-21-17(20)15(14(18)12-8-4-2-5-9-12)22-16(19)13-10-6-3-7-11-13/h2-11,15H,1H3. The summed E-state index contributed by atoms with van der Waals surface area (Å²) in [6.45, 7) is 0. The van der Waals surface area contributed by atoms with Crippen LogP contribution in [0.3, 0.4) is 0 Å². The molecule has 0 fully saturated rings. The fourth-order valence-corrected chi connectivity index (χ4v) is 1.82. The Labute approximate surface area is 127 Å². The van der Waals surface area contributed by atoms with Gasteiger partial charge in [-0.05, 0) is 12.1 Å². The predicted octanol–water partition coefficient (Wildman–Crippen LogP) is 2.27. The lowest BCUT2D eigenvalue weighted by Crippen LogP contribution is -2.36. The van der Waals surface area contributed by atoms with Crippen LogP contribution in [0.2, 0.25) is 0 Å². The molecule has 0 radical (unpaired) electrons. The summed E-state index contributed by atoms with van der Waals surface area (Å²) in [5.41, 5.74) is 0.510. The van der Waals surface area contributed by atoms with E-state index in [1.54, 1.807) is 36.4 Å². The maximum atomic E-state index is 12.3. The van der Waals surface area contributed by atoms with E-state index in [4.69, 9.17) is 4.74 Å². The number of ketones is 1. The molecular formula is C17H14O5. The first kappa shape index (κ1) is 15.4. The van der Waals surface area contributed by atoms with Crippen LogP contribution in [0.15, 0.2) is 60.7 Å². The van der Waals surface area contributed by atoms with Crippen molar-refractivity contribution in [2.75, 3.05) is 7.11 Å². The summed E-state index contributed by atoms with van der Waals surface area (Å²) < 4.78 is 9.60. The zero-order valence-corrected chi connectivity index (χ0v) is 11.9. The highest BCUT2D eigenvalue weighted by Crippen LogP contribution is 2.11. The Bertz CT molecular complexity index is 664. The third-order valence-corrected chi connectivity index (χ3v) is 2.95. The average molecular weight is 298 g/mol. The van der Waals surface area contributed by atoms with E-state index in [-0.39, 0.29) is 11.1 Å². The van der Waals surface area contributed by atoms with Crippen molar-refractivity contribution in [3.05, 3.63) is 71.8 Å². The van der Waals surface area contributed by atoms with Gasteiger partial charge >= 0.3 is 11.9 Å². The SMILES string of the molecule is COC(=O)C(OC(=O)c1ccccc1)C(=O)c1ccccc1. The van der Waals surface area contributed by atoms with Crippen LogP contribution in [0.1, 0.15) is 20.7 Å². The van der Waals surface area contributed by atoms with Crippen LogP contribution in [0.5, 0.6) is 0 Å². The van der Waals surface area contributed by atoms with Gasteiger partial charge in [-0.2, -0.15) is 0 Å². The summed E-state index contributed by atoms with van der Waals surface area (Å²) in [5, 5.41) is 0. The van der Waals surface area contributed by atoms with Gasteiger partial charge in [0.05, 0.1) is 12.7 Å². The molecule has 2 aromatic rings. The topological polar surface area (TPSA) is 69.7 Å². The molecule has 1 unspecified atom stereocenters. The Balaban J connectivity index is 2.22. The first-order chi connectivity index (χ1) is 10.6. The summed E-state index contributed by atoms with van der Waals surface area (Å²) in [6, 6.07) is 16.2. The van der Waals surface area contributed by atoms with Crippen LogP contribution in [0, 0.1) is 0 Å². The van der Waals surface area contributed by atoms with Crippen LogP contribution in [-0.2, 0) is 14.3 Å². The second kappa shape index (κ2) is 7.17. The predicted molar refractivity (Wildman–Crippen MR) is 78.4 cm³/mol. The Morgan fingerprint density at radius 2 is 1.32 bits per heavy atom. The molecule has 112 valence electrons. The second-order valence-corrected chi connectivity index (χ2v) is 4.40. The van der Waals surface area contributed by atoms with E-state index < -0.39 is 23.8 Å². The van der Waals surface area contributed by atoms with Crippen molar-refractivity contribution in [3.63, 3.8) is 0 Å². The number of Topliss-reactive ketones (excluding diaryl/α,β-unsaturated/α-hetero) is 1. The molecule has 0 aromatic heterocycles. The highest BCUT2D eigenvalue weighted by Gasteiger charge is 2.32. The molecule has 0 heterocycles. The van der Waals surface area contributed by atoms with Gasteiger partial charge in [0.2, 0.25) is 5.78 Å². The van der Waals surface area contributed by atoms with E-state index in [9.17, 15) is 14.4 Å². The van der Waals surface area contributed by atoms with Gasteiger partial charge in [0.1, 0.15) is 0 Å². The van der Waals surface area contributed by atoms with Crippen molar-refractivity contribution in [1.29, 1.82) is 0 Å². The highest BCUT2D eigenvalue weighted by atomic mass is 16.6. The van der Waals surface area contributed by atoms with Gasteiger partial charge in [0.25, 0.3) is 6.10 Å². The number of methoxy groups -OCH3 is 1. The average Bonchev–Trinajstić information content (AvgIpc) is 2.59. The zero-order chi connectivity index (χ0) is 15.9. The number of hydrogen-bond acceptors (Lipinski definition) is 5. The molecule has 1 atom stereocenters. The number of ether oxygens (including phenoxy) is 2. The van der Waals surface area contributed by atoms with Crippen molar-refractivity contribution < 1.29 is 23.9 Å². The zero-order valence-electron chi connectivity index (χ0n) is 11.9. The molecule has 0 amide bonds. The lowest BCUT2D eigenvalue weighted by molar-refractivity contribution is -0.148. The Kier molecular flexibility index (Phi) is 5.03. The molecule has 22 heavy (non-hydrogen) atoms. The van der Waals surface area contributed by atoms with Crippen molar-refractivity contribution in [3.8, 4) is 0 Å². The number of hydrogen-bond donors (Lipinski definition) is 0. The first-order valence-corrected chi connectivity index (χ1v) is 6.56. The van der Waals surface area contributed by atoms with Gasteiger partial charge in [0, 0.05) is 5.56 Å². The molecule has 2 rings (SSSR count). The molecule has 0 aliphatic rings. The fraction of sp³-hybridized carbons (Fsp3) is 0.118. The van der Waals surface area contributed by atoms with E-state index in [1.807, 2.05) is 0 Å². The van der Waals surface area contributed by atoms with Crippen molar-refractivity contribution in [2.45, 2.75) is 6.10 Å². The Morgan fingerprint density at radius 1 is 0.818 bits per heavy atom. The fourth-order valence-electron chi connectivity index (χ4n) is 1.82. The number of rotatable bonds is 5. The summed E-state index contributed by atoms with van der Waals surface area (Å²) >= 11 is 0. The maximum Gasteiger partial charge on any atom is 0.355 e. The number of carbonyl (C=O) groups is 3. The van der Waals surface area contributed by atoms with Gasteiger partial charge in [0.15, 0.2) is 0 Å². The molecule has 0 saturated heterocycles. The number of carbonyl (C=O) groups excluding carboxylic acids is 3. The summed E-state index contributed by atoms with van der Waals surface area (Å²) in [4.78, 5) is 36.1. The van der Waals surface area contributed by atoms with Crippen LogP contribution < -0.4 is 0 Å². The lowest BCUT2D eigenvalue weighted by Gasteiger charge is -2.14. The number of benzene rings is 2. The van der Waals surface area contributed by atoms with Gasteiger partial charge in [-0.15, -0.1) is 0 Å². The van der Waals surface area contributed by atoms with Crippen LogP contribution in [0.4, 0.5) is 0 Å². The number of esters is 2. The minimum atomic E-state index is -1.62. The molecule has 0 N–H and O–H groups in total. The van der Waals surface area contributed by atoms with E-state index in [0.29, 0.717) is 0 Å². The van der Waals surface area contributed by atoms with Crippen molar-refractivity contribution >= 4 is 17.7 Å². The van der Waals surface area contributed by atoms with Gasteiger partial charge in [-0.3, -0.25) is 4.79 Å². The second-order valence-electron chi connectivity index (χ2n) is 4.40. The largest absolute Gasteiger partial charge is 0.466 e. The van der Waals surface area contributed by atoms with E-state index in [2.05, 4.69) is 4.74 Å². The summed E-state index contributed by atoms with van der Waals surface area (Å²) in [7, 11) is 1.13. The lowest BCUT2D eigenvalue weighted by atomic mass is 10.1. The molecular weight excluding hydrogens is 284 g/mol. The Morgan fingerprint density at radius 3 is 1.82 bits per heavy atom. The smallest absolute Gasteiger partial charge is 0.355 e. The summed E-state index contributed by atoms with van der Waals surface area (Å²) in [6.07, 6.45) is -1.62. The van der Waals surface area contributed by atoms with Crippen molar-refractivity contribution in [2.24, 2.45) is 0 Å². The minimum absolute atomic E-state index is 0.247. The summed E-state index contributed by atoms with van der Waals surface area (Å²) in [5.74, 6) is -2.31. The third kappa shape index (κ3) is 3.58. The molecule has 0 aliphatic carbocycles. The van der Waals surface area contributed by atoms with Crippen LogP contribution in [0.25, 0.3) is 0 Å². The highest BCUT2D eigenvalue weighted by molar-refractivity contribution is 6.12. The van der Waals surface area contributed by atoms with Crippen LogP contribution in [-0.4, -0.2) is 30.9 Å². The monoisotopic (exact) mass is 298 g/mol. The van der Waals surface area contributed by atoms with Gasteiger partial charge in [-0.25, -0.2) is 9.59 Å². The quantitative estimate of drug-likeness (QED) is 0.481. The maximum absolute atomic E-state index is 12.3. The van der Waals surface area contributed by atoms with Gasteiger partial charge < -0.3 is 9.47 Å². The minimum Gasteiger partial charge on any atom is -0.466 e. The first-order valence-electron chi connectivity index (χ1n) is 6.56. The van der Waals surface area contributed by atoms with Gasteiger partial charge in [-0.1, -0.05) is 48.5 Å². The molecule has 0 spiro atoms. The molecule has 2 aromatic carbocycles. The molecule has 0 saturated carbocycles. The molecule has 0 aliphatic heterocycles. The Hall–Kier alpha value is -2.95. The molecule has 0 bridgehead atoms. The normalized spacial score (nSPS) is 11.3. The molecule has 5 heteroatoms. The van der Waals surface area contributed by atoms with Crippen LogP contribution >= 0.6 is 0 Å².